The molecule has 0 amide bonds. The minimum Gasteiger partial charge on any atom is -0.507 e. The first-order valence-corrected chi connectivity index (χ1v) is 5.74. The molecule has 3 rings (SSSR count). The first kappa shape index (κ1) is 12.0. The number of aromatic hydroxyl groups is 1. The zero-order valence-corrected chi connectivity index (χ0v) is 10.4. The maximum Gasteiger partial charge on any atom is 0.269 e. The van der Waals surface area contributed by atoms with Crippen LogP contribution >= 0.6 is 0 Å². The molecule has 0 aliphatic rings. The first-order valence-electron chi connectivity index (χ1n) is 5.74. The number of rotatable bonds is 3. The summed E-state index contributed by atoms with van der Waals surface area (Å²) in [5, 5.41) is 25.9. The fourth-order valence-corrected chi connectivity index (χ4v) is 1.64. The molecule has 2 heterocycles. The molecule has 1 aromatic carbocycles. The number of para-hydroxylation sites is 1. The summed E-state index contributed by atoms with van der Waals surface area (Å²) in [6, 6.07) is 6.81. The standard InChI is InChI=1S/C11H10N8O/c1-6-12-9(7-4-2-3-5-8(7)20)14-10(13-6)15-11-16-18-19-17-11/h2-5,20H,1H3,(H2,12,13,14,15,16,17,18,19). The largest absolute Gasteiger partial charge is 0.507 e. The van der Waals surface area contributed by atoms with Crippen molar-refractivity contribution < 1.29 is 5.11 Å². The Kier molecular flexibility index (Phi) is 2.92. The summed E-state index contributed by atoms with van der Waals surface area (Å²) < 4.78 is 0. The Balaban J connectivity index is 2.01. The number of aryl methyl sites for hydroxylation is 1. The van der Waals surface area contributed by atoms with Gasteiger partial charge in [-0.1, -0.05) is 17.2 Å². The Morgan fingerprint density at radius 3 is 2.70 bits per heavy atom. The van der Waals surface area contributed by atoms with Gasteiger partial charge in [0.15, 0.2) is 5.82 Å². The topological polar surface area (TPSA) is 125 Å². The van der Waals surface area contributed by atoms with Crippen molar-refractivity contribution in [1.29, 1.82) is 0 Å². The lowest BCUT2D eigenvalue weighted by Crippen LogP contribution is -2.04. The molecule has 100 valence electrons. The Hall–Kier alpha value is -3.10. The minimum atomic E-state index is 0.101. The van der Waals surface area contributed by atoms with Gasteiger partial charge < -0.3 is 5.11 Å². The summed E-state index contributed by atoms with van der Waals surface area (Å²) in [7, 11) is 0. The zero-order chi connectivity index (χ0) is 13.9. The third kappa shape index (κ3) is 2.36. The molecule has 3 aromatic rings. The summed E-state index contributed by atoms with van der Waals surface area (Å²) in [6.07, 6.45) is 0. The zero-order valence-electron chi connectivity index (χ0n) is 10.4. The van der Waals surface area contributed by atoms with Crippen LogP contribution in [-0.4, -0.2) is 40.7 Å². The molecule has 0 bridgehead atoms. The van der Waals surface area contributed by atoms with Gasteiger partial charge in [-0.15, -0.1) is 5.10 Å². The maximum absolute atomic E-state index is 9.84. The molecule has 2 aromatic heterocycles. The van der Waals surface area contributed by atoms with E-state index in [2.05, 4.69) is 40.9 Å². The lowest BCUT2D eigenvalue weighted by Gasteiger charge is -2.06. The summed E-state index contributed by atoms with van der Waals surface area (Å²) in [5.74, 6) is 1.49. The molecular formula is C11H10N8O. The van der Waals surface area contributed by atoms with Gasteiger partial charge in [0.25, 0.3) is 5.95 Å². The van der Waals surface area contributed by atoms with E-state index in [9.17, 15) is 5.11 Å². The van der Waals surface area contributed by atoms with E-state index < -0.39 is 0 Å². The van der Waals surface area contributed by atoms with Crippen LogP contribution in [0.1, 0.15) is 5.82 Å². The number of anilines is 2. The van der Waals surface area contributed by atoms with Crippen LogP contribution in [0.4, 0.5) is 11.9 Å². The molecule has 3 N–H and O–H groups in total. The van der Waals surface area contributed by atoms with Crippen molar-refractivity contribution in [1.82, 2.24) is 35.6 Å². The predicted molar refractivity (Wildman–Crippen MR) is 69.1 cm³/mol. The van der Waals surface area contributed by atoms with E-state index >= 15 is 0 Å². The van der Waals surface area contributed by atoms with Gasteiger partial charge in [-0.25, -0.2) is 4.98 Å². The van der Waals surface area contributed by atoms with Gasteiger partial charge >= 0.3 is 0 Å². The average Bonchev–Trinajstić information content (AvgIpc) is 2.91. The van der Waals surface area contributed by atoms with E-state index in [0.29, 0.717) is 17.2 Å². The van der Waals surface area contributed by atoms with Crippen LogP contribution in [-0.2, 0) is 0 Å². The maximum atomic E-state index is 9.84. The number of tetrazole rings is 1. The van der Waals surface area contributed by atoms with Gasteiger partial charge in [-0.05, 0) is 24.3 Å². The lowest BCUT2D eigenvalue weighted by atomic mass is 10.2. The van der Waals surface area contributed by atoms with Gasteiger partial charge in [0.1, 0.15) is 11.6 Å². The van der Waals surface area contributed by atoms with E-state index in [1.54, 1.807) is 31.2 Å². The number of nitrogens with one attached hydrogen (secondary N) is 2. The smallest absolute Gasteiger partial charge is 0.269 e. The molecule has 0 atom stereocenters. The fraction of sp³-hybridized carbons (Fsp3) is 0.0909. The molecule has 0 spiro atoms. The molecule has 0 radical (unpaired) electrons. The number of benzene rings is 1. The van der Waals surface area contributed by atoms with Crippen LogP contribution in [0.2, 0.25) is 0 Å². The normalized spacial score (nSPS) is 10.4. The highest BCUT2D eigenvalue weighted by Crippen LogP contribution is 2.26. The summed E-state index contributed by atoms with van der Waals surface area (Å²) >= 11 is 0. The minimum absolute atomic E-state index is 0.101. The van der Waals surface area contributed by atoms with Gasteiger partial charge in [-0.3, -0.25) is 5.32 Å². The number of hydrogen-bond acceptors (Lipinski definition) is 8. The highest BCUT2D eigenvalue weighted by Gasteiger charge is 2.11. The molecule has 9 heteroatoms. The fourth-order valence-electron chi connectivity index (χ4n) is 1.64. The van der Waals surface area contributed by atoms with Crippen molar-refractivity contribution in [3.05, 3.63) is 30.1 Å². The molecule has 0 unspecified atom stereocenters. The number of phenolic OH excluding ortho intramolecular Hbond substituents is 1. The molecule has 9 nitrogen and oxygen atoms in total. The third-order valence-corrected chi connectivity index (χ3v) is 2.46. The highest BCUT2D eigenvalue weighted by atomic mass is 16.3. The van der Waals surface area contributed by atoms with Crippen molar-refractivity contribution in [3.8, 4) is 17.1 Å². The molecule has 20 heavy (non-hydrogen) atoms. The van der Waals surface area contributed by atoms with Crippen molar-refractivity contribution in [3.63, 3.8) is 0 Å². The Morgan fingerprint density at radius 1 is 1.10 bits per heavy atom. The second kappa shape index (κ2) is 4.88. The monoisotopic (exact) mass is 270 g/mol. The number of aromatic amines is 1. The van der Waals surface area contributed by atoms with Crippen LogP contribution in [0.3, 0.4) is 0 Å². The van der Waals surface area contributed by atoms with Gasteiger partial charge in [0.05, 0.1) is 5.56 Å². The van der Waals surface area contributed by atoms with E-state index in [1.165, 1.54) is 0 Å². The Bertz CT molecular complexity index is 727. The summed E-state index contributed by atoms with van der Waals surface area (Å²) in [5.41, 5.74) is 0.522. The SMILES string of the molecule is Cc1nc(Nc2nn[nH]n2)nc(-c2ccccc2O)n1. The number of nitrogens with zero attached hydrogens (tertiary/aromatic N) is 6. The second-order valence-corrected chi connectivity index (χ2v) is 3.91. The predicted octanol–water partition coefficient (Wildman–Crippen LogP) is 0.809. The van der Waals surface area contributed by atoms with Crippen LogP contribution in [0.15, 0.2) is 24.3 Å². The van der Waals surface area contributed by atoms with Crippen LogP contribution in [0, 0.1) is 6.92 Å². The van der Waals surface area contributed by atoms with E-state index in [-0.39, 0.29) is 17.6 Å². The lowest BCUT2D eigenvalue weighted by molar-refractivity contribution is 0.477. The van der Waals surface area contributed by atoms with E-state index in [1.807, 2.05) is 0 Å². The van der Waals surface area contributed by atoms with Gasteiger partial charge in [0.2, 0.25) is 5.95 Å². The van der Waals surface area contributed by atoms with E-state index in [0.717, 1.165) is 0 Å². The van der Waals surface area contributed by atoms with Crippen LogP contribution in [0.25, 0.3) is 11.4 Å². The number of H-pyrrole nitrogens is 1. The highest BCUT2D eigenvalue weighted by molar-refractivity contribution is 5.64. The van der Waals surface area contributed by atoms with Gasteiger partial charge in [-0.2, -0.15) is 15.2 Å². The van der Waals surface area contributed by atoms with Gasteiger partial charge in [0, 0.05) is 0 Å². The number of phenols is 1. The van der Waals surface area contributed by atoms with E-state index in [4.69, 9.17) is 0 Å². The second-order valence-electron chi connectivity index (χ2n) is 3.91. The molecule has 0 aliphatic heterocycles. The summed E-state index contributed by atoms with van der Waals surface area (Å²) in [6.45, 7) is 1.73. The van der Waals surface area contributed by atoms with Crippen LogP contribution in [0.5, 0.6) is 5.75 Å². The molecule has 0 saturated carbocycles. The third-order valence-electron chi connectivity index (χ3n) is 2.46. The molecule has 0 aliphatic carbocycles. The number of hydrogen-bond donors (Lipinski definition) is 3. The molecule has 0 fully saturated rings. The van der Waals surface area contributed by atoms with Crippen molar-refractivity contribution in [2.24, 2.45) is 0 Å². The first-order chi connectivity index (χ1) is 9.72. The van der Waals surface area contributed by atoms with Crippen molar-refractivity contribution >= 4 is 11.9 Å². The van der Waals surface area contributed by atoms with Crippen molar-refractivity contribution in [2.45, 2.75) is 6.92 Å². The van der Waals surface area contributed by atoms with Crippen molar-refractivity contribution in [2.75, 3.05) is 5.32 Å². The van der Waals surface area contributed by atoms with Crippen LogP contribution < -0.4 is 5.32 Å². The quantitative estimate of drug-likeness (QED) is 0.638. The molecule has 0 saturated heterocycles. The Labute approximate surface area is 113 Å². The Morgan fingerprint density at radius 2 is 1.95 bits per heavy atom. The number of aromatic nitrogens is 7. The average molecular weight is 270 g/mol. The molecular weight excluding hydrogens is 260 g/mol. The summed E-state index contributed by atoms with van der Waals surface area (Å²) in [4.78, 5) is 12.6.